The van der Waals surface area contributed by atoms with Gasteiger partial charge in [0.2, 0.25) is 0 Å². The summed E-state index contributed by atoms with van der Waals surface area (Å²) in [6, 6.07) is 6.32. The molecule has 0 aliphatic carbocycles. The Balaban J connectivity index is 1.87. The molecule has 1 unspecified atom stereocenters. The Morgan fingerprint density at radius 3 is 2.57 bits per heavy atom. The van der Waals surface area contributed by atoms with E-state index >= 15 is 0 Å². The maximum Gasteiger partial charge on any atom is 0.322 e. The SMILES string of the molecule is CCC(CN)N1CCN(C(=O)Nc2ccccc2F)CC1. The van der Waals surface area contributed by atoms with Crippen molar-refractivity contribution in [3.05, 3.63) is 30.1 Å². The van der Waals surface area contributed by atoms with Crippen molar-refractivity contribution in [2.75, 3.05) is 38.0 Å². The van der Waals surface area contributed by atoms with Gasteiger partial charge >= 0.3 is 6.03 Å². The summed E-state index contributed by atoms with van der Waals surface area (Å²) in [4.78, 5) is 16.2. The molecule has 0 aromatic heterocycles. The summed E-state index contributed by atoms with van der Waals surface area (Å²) in [6.45, 7) is 5.64. The molecule has 1 aliphatic rings. The van der Waals surface area contributed by atoms with Crippen LogP contribution < -0.4 is 11.1 Å². The third-order valence-corrected chi connectivity index (χ3v) is 3.98. The zero-order valence-electron chi connectivity index (χ0n) is 12.4. The van der Waals surface area contributed by atoms with Gasteiger partial charge in [-0.15, -0.1) is 0 Å². The van der Waals surface area contributed by atoms with Crippen LogP contribution in [0.1, 0.15) is 13.3 Å². The fourth-order valence-electron chi connectivity index (χ4n) is 2.62. The number of nitrogens with two attached hydrogens (primary N) is 1. The lowest BCUT2D eigenvalue weighted by molar-refractivity contribution is 0.113. The molecule has 21 heavy (non-hydrogen) atoms. The third kappa shape index (κ3) is 3.92. The van der Waals surface area contributed by atoms with Crippen molar-refractivity contribution in [2.45, 2.75) is 19.4 Å². The number of rotatable bonds is 4. The van der Waals surface area contributed by atoms with E-state index in [9.17, 15) is 9.18 Å². The van der Waals surface area contributed by atoms with Crippen molar-refractivity contribution in [3.8, 4) is 0 Å². The van der Waals surface area contributed by atoms with E-state index in [2.05, 4.69) is 17.1 Å². The second-order valence-corrected chi connectivity index (χ2v) is 5.23. The van der Waals surface area contributed by atoms with Gasteiger partial charge in [-0.25, -0.2) is 9.18 Å². The second-order valence-electron chi connectivity index (χ2n) is 5.23. The monoisotopic (exact) mass is 294 g/mol. The molecule has 0 saturated carbocycles. The van der Waals surface area contributed by atoms with E-state index in [0.717, 1.165) is 19.5 Å². The van der Waals surface area contributed by atoms with E-state index in [0.29, 0.717) is 25.7 Å². The number of urea groups is 1. The zero-order chi connectivity index (χ0) is 15.2. The zero-order valence-corrected chi connectivity index (χ0v) is 12.4. The molecule has 1 saturated heterocycles. The Kier molecular flexibility index (Phi) is 5.52. The van der Waals surface area contributed by atoms with Crippen molar-refractivity contribution in [1.82, 2.24) is 9.80 Å². The molecule has 5 nitrogen and oxygen atoms in total. The van der Waals surface area contributed by atoms with Crippen LogP contribution in [0.5, 0.6) is 0 Å². The van der Waals surface area contributed by atoms with E-state index < -0.39 is 5.82 Å². The number of hydrogen-bond acceptors (Lipinski definition) is 3. The summed E-state index contributed by atoms with van der Waals surface area (Å²) >= 11 is 0. The number of piperazine rings is 1. The van der Waals surface area contributed by atoms with Gasteiger partial charge in [0, 0.05) is 38.8 Å². The highest BCUT2D eigenvalue weighted by molar-refractivity contribution is 5.89. The van der Waals surface area contributed by atoms with E-state index in [1.54, 1.807) is 23.1 Å². The predicted molar refractivity (Wildman–Crippen MR) is 81.7 cm³/mol. The van der Waals surface area contributed by atoms with Gasteiger partial charge in [0.1, 0.15) is 5.82 Å². The van der Waals surface area contributed by atoms with E-state index in [1.807, 2.05) is 0 Å². The maximum atomic E-state index is 13.5. The van der Waals surface area contributed by atoms with Gasteiger partial charge in [0.25, 0.3) is 0 Å². The average molecular weight is 294 g/mol. The molecule has 0 radical (unpaired) electrons. The van der Waals surface area contributed by atoms with Crippen LogP contribution in [0.2, 0.25) is 0 Å². The molecule has 116 valence electrons. The van der Waals surface area contributed by atoms with Gasteiger partial charge < -0.3 is 16.0 Å². The van der Waals surface area contributed by atoms with Crippen LogP contribution in [0.15, 0.2) is 24.3 Å². The lowest BCUT2D eigenvalue weighted by Gasteiger charge is -2.38. The molecule has 3 N–H and O–H groups in total. The molecule has 1 aromatic rings. The number of carbonyl (C=O) groups is 1. The minimum absolute atomic E-state index is 0.221. The molecule has 1 fully saturated rings. The van der Waals surface area contributed by atoms with Crippen molar-refractivity contribution in [1.29, 1.82) is 0 Å². The lowest BCUT2D eigenvalue weighted by atomic mass is 10.1. The summed E-state index contributed by atoms with van der Waals surface area (Å²) < 4.78 is 13.5. The van der Waals surface area contributed by atoms with Gasteiger partial charge in [-0.2, -0.15) is 0 Å². The normalized spacial score (nSPS) is 17.6. The molecule has 1 aliphatic heterocycles. The van der Waals surface area contributed by atoms with Crippen molar-refractivity contribution >= 4 is 11.7 Å². The molecule has 0 bridgehead atoms. The van der Waals surface area contributed by atoms with Crippen LogP contribution in [-0.4, -0.2) is 54.6 Å². The van der Waals surface area contributed by atoms with E-state index in [1.165, 1.54) is 6.07 Å². The van der Waals surface area contributed by atoms with Crippen molar-refractivity contribution in [2.24, 2.45) is 5.73 Å². The highest BCUT2D eigenvalue weighted by Crippen LogP contribution is 2.14. The lowest BCUT2D eigenvalue weighted by Crippen LogP contribution is -2.54. The van der Waals surface area contributed by atoms with Gasteiger partial charge in [0.05, 0.1) is 5.69 Å². The van der Waals surface area contributed by atoms with Gasteiger partial charge in [0.15, 0.2) is 0 Å². The predicted octanol–water partition coefficient (Wildman–Crippen LogP) is 1.71. The van der Waals surface area contributed by atoms with Crippen molar-refractivity contribution in [3.63, 3.8) is 0 Å². The van der Waals surface area contributed by atoms with Gasteiger partial charge in [-0.05, 0) is 18.6 Å². The number of para-hydroxylation sites is 1. The molecule has 1 heterocycles. The number of nitrogens with zero attached hydrogens (tertiary/aromatic N) is 2. The Bertz CT molecular complexity index is 470. The Labute approximate surface area is 124 Å². The maximum absolute atomic E-state index is 13.5. The average Bonchev–Trinajstić information content (AvgIpc) is 2.51. The van der Waals surface area contributed by atoms with Crippen LogP contribution in [-0.2, 0) is 0 Å². The third-order valence-electron chi connectivity index (χ3n) is 3.98. The number of benzene rings is 1. The summed E-state index contributed by atoms with van der Waals surface area (Å²) in [6.07, 6.45) is 1.01. The number of halogens is 1. The molecular formula is C15H23FN4O. The first-order valence-corrected chi connectivity index (χ1v) is 7.40. The Morgan fingerprint density at radius 2 is 2.00 bits per heavy atom. The van der Waals surface area contributed by atoms with Crippen LogP contribution >= 0.6 is 0 Å². The first-order chi connectivity index (χ1) is 10.2. The quantitative estimate of drug-likeness (QED) is 0.888. The Morgan fingerprint density at radius 1 is 1.33 bits per heavy atom. The summed E-state index contributed by atoms with van der Waals surface area (Å²) in [5, 5.41) is 2.62. The molecule has 1 atom stereocenters. The van der Waals surface area contributed by atoms with E-state index in [4.69, 9.17) is 5.73 Å². The molecular weight excluding hydrogens is 271 g/mol. The fraction of sp³-hybridized carbons (Fsp3) is 0.533. The number of carbonyl (C=O) groups excluding carboxylic acids is 1. The highest BCUT2D eigenvalue weighted by atomic mass is 19.1. The standard InChI is InChI=1S/C15H23FN4O/c1-2-12(11-17)19-7-9-20(10-8-19)15(21)18-14-6-4-3-5-13(14)16/h3-6,12H,2,7-11,17H2,1H3,(H,18,21). The number of anilines is 1. The summed E-state index contributed by atoms with van der Waals surface area (Å²) in [5.41, 5.74) is 5.97. The molecule has 2 rings (SSSR count). The summed E-state index contributed by atoms with van der Waals surface area (Å²) in [7, 11) is 0. The minimum Gasteiger partial charge on any atom is -0.329 e. The topological polar surface area (TPSA) is 61.6 Å². The second kappa shape index (κ2) is 7.38. The minimum atomic E-state index is -0.418. The number of hydrogen-bond donors (Lipinski definition) is 2. The first-order valence-electron chi connectivity index (χ1n) is 7.40. The highest BCUT2D eigenvalue weighted by Gasteiger charge is 2.24. The van der Waals surface area contributed by atoms with Crippen LogP contribution in [0.3, 0.4) is 0 Å². The van der Waals surface area contributed by atoms with E-state index in [-0.39, 0.29) is 11.7 Å². The van der Waals surface area contributed by atoms with Gasteiger partial charge in [-0.1, -0.05) is 19.1 Å². The number of amides is 2. The molecule has 6 heteroatoms. The largest absolute Gasteiger partial charge is 0.329 e. The van der Waals surface area contributed by atoms with Crippen LogP contribution in [0, 0.1) is 5.82 Å². The van der Waals surface area contributed by atoms with Gasteiger partial charge in [-0.3, -0.25) is 4.90 Å². The van der Waals surface area contributed by atoms with Crippen LogP contribution in [0.25, 0.3) is 0 Å². The Hall–Kier alpha value is -1.66. The van der Waals surface area contributed by atoms with Crippen LogP contribution in [0.4, 0.5) is 14.9 Å². The first kappa shape index (κ1) is 15.7. The molecule has 0 spiro atoms. The number of nitrogens with one attached hydrogen (secondary N) is 1. The molecule has 1 aromatic carbocycles. The fourth-order valence-corrected chi connectivity index (χ4v) is 2.62. The van der Waals surface area contributed by atoms with Crippen molar-refractivity contribution < 1.29 is 9.18 Å². The molecule has 2 amide bonds. The smallest absolute Gasteiger partial charge is 0.322 e. The summed E-state index contributed by atoms with van der Waals surface area (Å²) in [5.74, 6) is -0.418.